The molecule has 0 unspecified atom stereocenters. The summed E-state index contributed by atoms with van der Waals surface area (Å²) in [4.78, 5) is 19.0. The topological polar surface area (TPSA) is 105 Å². The van der Waals surface area contributed by atoms with E-state index in [-0.39, 0.29) is 11.5 Å². The first kappa shape index (κ1) is 17.0. The van der Waals surface area contributed by atoms with Crippen LogP contribution in [-0.4, -0.2) is 44.0 Å². The van der Waals surface area contributed by atoms with Crippen LogP contribution in [-0.2, 0) is 11.2 Å². The molecular weight excluding hydrogens is 341 g/mol. The number of fused-ring (bicyclic) bond motifs is 4. The van der Waals surface area contributed by atoms with E-state index < -0.39 is 17.4 Å². The van der Waals surface area contributed by atoms with Gasteiger partial charge in [-0.25, -0.2) is 14.2 Å². The van der Waals surface area contributed by atoms with Crippen LogP contribution in [0.5, 0.6) is 5.88 Å². The number of aromatic nitrogens is 2. The van der Waals surface area contributed by atoms with E-state index in [9.17, 15) is 14.3 Å². The lowest BCUT2D eigenvalue weighted by Crippen LogP contribution is -2.62. The SMILES string of the molecule is O=C(O)NC12CCC(CCc3c(F)cnc4ccc(O)nc34)(CC1)OC2. The van der Waals surface area contributed by atoms with Crippen molar-refractivity contribution in [3.8, 4) is 5.88 Å². The van der Waals surface area contributed by atoms with Crippen LogP contribution in [0, 0.1) is 5.82 Å². The molecule has 0 atom stereocenters. The zero-order valence-electron chi connectivity index (χ0n) is 14.2. The molecule has 1 aliphatic carbocycles. The Balaban J connectivity index is 1.52. The second-order valence-corrected chi connectivity index (χ2v) is 7.30. The van der Waals surface area contributed by atoms with Crippen molar-refractivity contribution in [2.45, 2.75) is 49.7 Å². The lowest BCUT2D eigenvalue weighted by molar-refractivity contribution is -0.162. The maximum absolute atomic E-state index is 14.3. The van der Waals surface area contributed by atoms with Crippen molar-refractivity contribution in [2.75, 3.05) is 6.61 Å². The number of aryl methyl sites for hydroxylation is 1. The molecule has 1 saturated carbocycles. The first-order valence-corrected chi connectivity index (χ1v) is 8.69. The molecule has 3 N–H and O–H groups in total. The van der Waals surface area contributed by atoms with Gasteiger partial charge in [-0.3, -0.25) is 4.98 Å². The number of carbonyl (C=O) groups is 1. The van der Waals surface area contributed by atoms with Gasteiger partial charge >= 0.3 is 6.09 Å². The molecule has 2 aliphatic heterocycles. The van der Waals surface area contributed by atoms with E-state index in [1.54, 1.807) is 6.07 Å². The predicted molar refractivity (Wildman–Crippen MR) is 90.5 cm³/mol. The Morgan fingerprint density at radius 1 is 1.31 bits per heavy atom. The molecule has 8 heteroatoms. The smallest absolute Gasteiger partial charge is 0.405 e. The highest BCUT2D eigenvalue weighted by atomic mass is 19.1. The van der Waals surface area contributed by atoms with Gasteiger partial charge in [0.1, 0.15) is 5.82 Å². The highest BCUT2D eigenvalue weighted by Gasteiger charge is 2.50. The van der Waals surface area contributed by atoms with Crippen LogP contribution in [0.15, 0.2) is 18.3 Å². The van der Waals surface area contributed by atoms with E-state index >= 15 is 0 Å². The fourth-order valence-electron chi connectivity index (χ4n) is 4.15. The van der Waals surface area contributed by atoms with Crippen LogP contribution in [0.4, 0.5) is 9.18 Å². The monoisotopic (exact) mass is 361 g/mol. The molecule has 3 fully saturated rings. The zero-order chi connectivity index (χ0) is 18.4. The number of rotatable bonds is 4. The fourth-order valence-corrected chi connectivity index (χ4v) is 4.15. The van der Waals surface area contributed by atoms with Gasteiger partial charge in [-0.2, -0.15) is 0 Å². The van der Waals surface area contributed by atoms with Gasteiger partial charge < -0.3 is 20.3 Å². The van der Waals surface area contributed by atoms with Gasteiger partial charge in [0.05, 0.1) is 35.0 Å². The summed E-state index contributed by atoms with van der Waals surface area (Å²) in [6.45, 7) is 0.345. The molecule has 0 radical (unpaired) electrons. The average molecular weight is 361 g/mol. The van der Waals surface area contributed by atoms with Crippen molar-refractivity contribution in [2.24, 2.45) is 0 Å². The van der Waals surface area contributed by atoms with Gasteiger partial charge in [0, 0.05) is 11.6 Å². The largest absolute Gasteiger partial charge is 0.493 e. The Hall–Kier alpha value is -2.48. The molecule has 4 heterocycles. The van der Waals surface area contributed by atoms with Gasteiger partial charge in [-0.05, 0) is 44.6 Å². The molecule has 7 nitrogen and oxygen atoms in total. The van der Waals surface area contributed by atoms with Crippen LogP contribution in [0.3, 0.4) is 0 Å². The fraction of sp³-hybridized carbons (Fsp3) is 0.500. The van der Waals surface area contributed by atoms with Gasteiger partial charge in [-0.15, -0.1) is 0 Å². The summed E-state index contributed by atoms with van der Waals surface area (Å²) in [6, 6.07) is 3.04. The van der Waals surface area contributed by atoms with E-state index in [0.29, 0.717) is 36.0 Å². The van der Waals surface area contributed by atoms with Crippen LogP contribution in [0.25, 0.3) is 11.0 Å². The number of ether oxygens (including phenoxy) is 1. The van der Waals surface area contributed by atoms with E-state index in [2.05, 4.69) is 15.3 Å². The standard InChI is InChI=1S/C18H20FN3O4/c19-12-9-20-13-1-2-14(23)21-15(13)11(12)3-4-18-7-5-17(6-8-18,10-26-18)22-16(24)25/h1-2,9,22H,3-8,10H2,(H,21,23)(H,24,25). The number of aromatic hydroxyl groups is 1. The van der Waals surface area contributed by atoms with Crippen molar-refractivity contribution >= 4 is 17.1 Å². The van der Waals surface area contributed by atoms with Crippen molar-refractivity contribution in [1.82, 2.24) is 15.3 Å². The summed E-state index contributed by atoms with van der Waals surface area (Å²) < 4.78 is 20.4. The molecule has 3 aliphatic rings. The number of nitrogens with zero attached hydrogens (tertiary/aromatic N) is 2. The lowest BCUT2D eigenvalue weighted by Gasteiger charge is -2.53. The second-order valence-electron chi connectivity index (χ2n) is 7.30. The van der Waals surface area contributed by atoms with Crippen LogP contribution in [0.2, 0.25) is 0 Å². The van der Waals surface area contributed by atoms with Gasteiger partial charge in [0.2, 0.25) is 5.88 Å². The van der Waals surface area contributed by atoms with Crippen molar-refractivity contribution in [1.29, 1.82) is 0 Å². The van der Waals surface area contributed by atoms with Crippen molar-refractivity contribution < 1.29 is 24.1 Å². The third-order valence-corrected chi connectivity index (χ3v) is 5.73. The molecule has 2 aromatic rings. The Labute approximate surface area is 149 Å². The van der Waals surface area contributed by atoms with E-state index in [1.807, 2.05) is 0 Å². The highest BCUT2D eigenvalue weighted by Crippen LogP contribution is 2.46. The van der Waals surface area contributed by atoms with Crippen LogP contribution in [0.1, 0.15) is 37.7 Å². The van der Waals surface area contributed by atoms with E-state index in [0.717, 1.165) is 25.7 Å². The first-order valence-electron chi connectivity index (χ1n) is 8.69. The lowest BCUT2D eigenvalue weighted by atomic mass is 9.69. The molecule has 138 valence electrons. The molecular formula is C18H20FN3O4. The molecule has 1 amide bonds. The number of nitrogens with one attached hydrogen (secondary N) is 1. The van der Waals surface area contributed by atoms with Gasteiger partial charge in [-0.1, -0.05) is 0 Å². The van der Waals surface area contributed by atoms with Crippen LogP contribution < -0.4 is 5.32 Å². The maximum atomic E-state index is 14.3. The van der Waals surface area contributed by atoms with E-state index in [1.165, 1.54) is 12.3 Å². The predicted octanol–water partition coefficient (Wildman–Crippen LogP) is 2.76. The number of amides is 1. The summed E-state index contributed by atoms with van der Waals surface area (Å²) in [5.74, 6) is -0.610. The molecule has 0 spiro atoms. The Bertz CT molecular complexity index is 843. The zero-order valence-corrected chi connectivity index (χ0v) is 14.2. The molecule has 0 aromatic carbocycles. The van der Waals surface area contributed by atoms with Gasteiger partial charge in [0.25, 0.3) is 0 Å². The molecule has 2 bridgehead atoms. The number of carboxylic acid groups (broad SMARTS) is 1. The third-order valence-electron chi connectivity index (χ3n) is 5.73. The maximum Gasteiger partial charge on any atom is 0.405 e. The summed E-state index contributed by atoms with van der Waals surface area (Å²) >= 11 is 0. The van der Waals surface area contributed by atoms with Crippen LogP contribution >= 0.6 is 0 Å². The molecule has 5 rings (SSSR count). The van der Waals surface area contributed by atoms with E-state index in [4.69, 9.17) is 9.84 Å². The summed E-state index contributed by atoms with van der Waals surface area (Å²) in [5.41, 5.74) is 0.482. The molecule has 2 aromatic heterocycles. The quantitative estimate of drug-likeness (QED) is 0.773. The number of hydrogen-bond acceptors (Lipinski definition) is 5. The van der Waals surface area contributed by atoms with Crippen molar-refractivity contribution in [3.05, 3.63) is 29.7 Å². The minimum absolute atomic E-state index is 0.166. The summed E-state index contributed by atoms with van der Waals surface area (Å²) in [7, 11) is 0. The minimum Gasteiger partial charge on any atom is -0.493 e. The summed E-state index contributed by atoms with van der Waals surface area (Å²) in [5, 5.41) is 21.2. The Morgan fingerprint density at radius 3 is 2.73 bits per heavy atom. The van der Waals surface area contributed by atoms with Crippen molar-refractivity contribution in [3.63, 3.8) is 0 Å². The molecule has 26 heavy (non-hydrogen) atoms. The first-order chi connectivity index (χ1) is 12.4. The normalized spacial score (nSPS) is 27.6. The Kier molecular flexibility index (Phi) is 3.95. The minimum atomic E-state index is -1.03. The Morgan fingerprint density at radius 2 is 2.08 bits per heavy atom. The second kappa shape index (κ2) is 6.05. The number of pyridine rings is 2. The molecule has 2 saturated heterocycles. The van der Waals surface area contributed by atoms with Gasteiger partial charge in [0.15, 0.2) is 0 Å². The average Bonchev–Trinajstić information content (AvgIpc) is 2.62. The summed E-state index contributed by atoms with van der Waals surface area (Å²) in [6.07, 6.45) is 4.09. The highest BCUT2D eigenvalue weighted by molar-refractivity contribution is 5.78. The number of halogens is 1. The number of hydrogen-bond donors (Lipinski definition) is 3. The third kappa shape index (κ3) is 2.94.